The van der Waals surface area contributed by atoms with Crippen LogP contribution >= 0.6 is 22.9 Å². The van der Waals surface area contributed by atoms with Crippen molar-refractivity contribution in [1.29, 1.82) is 0 Å². The van der Waals surface area contributed by atoms with E-state index in [2.05, 4.69) is 0 Å². The minimum atomic E-state index is -0.625. The maximum absolute atomic E-state index is 11.9. The number of Topliss-reactive ketones (excluding diaryl/α,β-unsaturated/α-hetero) is 1. The molecular weight excluding hydrogens is 276 g/mol. The molecule has 1 aliphatic heterocycles. The lowest BCUT2D eigenvalue weighted by Crippen LogP contribution is -2.53. The van der Waals surface area contributed by atoms with E-state index in [4.69, 9.17) is 11.6 Å². The van der Waals surface area contributed by atoms with Gasteiger partial charge >= 0.3 is 11.8 Å². The van der Waals surface area contributed by atoms with Crippen molar-refractivity contribution in [3.05, 3.63) is 21.3 Å². The Morgan fingerprint density at radius 1 is 1.33 bits per heavy atom. The molecule has 2 amide bonds. The summed E-state index contributed by atoms with van der Waals surface area (Å²) in [6.07, 6.45) is 0. The number of hydrogen-bond donors (Lipinski definition) is 0. The van der Waals surface area contributed by atoms with Crippen molar-refractivity contribution in [2.75, 3.05) is 26.7 Å². The van der Waals surface area contributed by atoms with Crippen LogP contribution in [-0.2, 0) is 9.59 Å². The Morgan fingerprint density at radius 3 is 2.67 bits per heavy atom. The molecule has 2 heterocycles. The van der Waals surface area contributed by atoms with Crippen molar-refractivity contribution in [1.82, 2.24) is 9.80 Å². The smallest absolute Gasteiger partial charge is 0.312 e. The van der Waals surface area contributed by atoms with Crippen molar-refractivity contribution in [2.24, 2.45) is 0 Å². The molecule has 0 saturated carbocycles. The number of piperazine rings is 1. The highest BCUT2D eigenvalue weighted by atomic mass is 35.5. The van der Waals surface area contributed by atoms with Crippen molar-refractivity contribution in [2.45, 2.75) is 0 Å². The van der Waals surface area contributed by atoms with Gasteiger partial charge < -0.3 is 9.80 Å². The summed E-state index contributed by atoms with van der Waals surface area (Å²) in [6.45, 7) is 0.754. The number of nitrogens with zero attached hydrogens (tertiary/aromatic N) is 2. The first-order valence-corrected chi connectivity index (χ1v) is 6.51. The van der Waals surface area contributed by atoms with E-state index < -0.39 is 11.8 Å². The van der Waals surface area contributed by atoms with E-state index in [-0.39, 0.29) is 12.3 Å². The predicted octanol–water partition coefficient (Wildman–Crippen LogP) is 0.885. The van der Waals surface area contributed by atoms with Crippen LogP contribution in [0.5, 0.6) is 0 Å². The molecular formula is C11H11ClN2O3S. The van der Waals surface area contributed by atoms with Crippen LogP contribution in [0.1, 0.15) is 9.67 Å². The summed E-state index contributed by atoms with van der Waals surface area (Å²) in [6, 6.07) is 3.26. The van der Waals surface area contributed by atoms with Crippen molar-refractivity contribution in [3.8, 4) is 0 Å². The number of thiophene rings is 1. The Hall–Kier alpha value is -1.40. The summed E-state index contributed by atoms with van der Waals surface area (Å²) in [7, 11) is 1.57. The van der Waals surface area contributed by atoms with Crippen LogP contribution in [-0.4, -0.2) is 54.1 Å². The fraction of sp³-hybridized carbons (Fsp3) is 0.364. The van der Waals surface area contributed by atoms with E-state index in [1.807, 2.05) is 0 Å². The first-order chi connectivity index (χ1) is 8.49. The highest BCUT2D eigenvalue weighted by Crippen LogP contribution is 2.22. The number of amides is 2. The van der Waals surface area contributed by atoms with Crippen LogP contribution in [0.25, 0.3) is 0 Å². The van der Waals surface area contributed by atoms with E-state index in [0.29, 0.717) is 22.3 Å². The SMILES string of the molecule is CN1CCN(CC(=O)c2ccc(Cl)s2)C(=O)C1=O. The molecule has 18 heavy (non-hydrogen) atoms. The molecule has 7 heteroatoms. The van der Waals surface area contributed by atoms with Gasteiger partial charge in [-0.3, -0.25) is 14.4 Å². The van der Waals surface area contributed by atoms with Crippen LogP contribution in [0.15, 0.2) is 12.1 Å². The second-order valence-corrected chi connectivity index (χ2v) is 5.70. The minimum Gasteiger partial charge on any atom is -0.336 e. The normalized spacial score (nSPS) is 16.3. The van der Waals surface area contributed by atoms with E-state index in [1.54, 1.807) is 19.2 Å². The van der Waals surface area contributed by atoms with E-state index in [1.165, 1.54) is 21.1 Å². The fourth-order valence-corrected chi connectivity index (χ4v) is 2.61. The number of hydrogen-bond acceptors (Lipinski definition) is 4. The quantitative estimate of drug-likeness (QED) is 0.612. The molecule has 0 bridgehead atoms. The molecule has 1 fully saturated rings. The third-order valence-corrected chi connectivity index (χ3v) is 3.98. The molecule has 1 aliphatic rings. The van der Waals surface area contributed by atoms with Crippen LogP contribution in [0.3, 0.4) is 0 Å². The second kappa shape index (κ2) is 5.07. The molecule has 0 atom stereocenters. The summed E-state index contributed by atoms with van der Waals surface area (Å²) in [5.41, 5.74) is 0. The van der Waals surface area contributed by atoms with Gasteiger partial charge in [-0.05, 0) is 12.1 Å². The molecule has 0 aromatic carbocycles. The van der Waals surface area contributed by atoms with Gasteiger partial charge in [0.1, 0.15) is 0 Å². The summed E-state index contributed by atoms with van der Waals surface area (Å²) < 4.78 is 0.527. The minimum absolute atomic E-state index is 0.0742. The second-order valence-electron chi connectivity index (χ2n) is 3.98. The molecule has 1 aromatic rings. The van der Waals surface area contributed by atoms with Crippen molar-refractivity contribution in [3.63, 3.8) is 0 Å². The highest BCUT2D eigenvalue weighted by Gasteiger charge is 2.31. The molecule has 2 rings (SSSR count). The number of carbonyl (C=O) groups is 3. The summed E-state index contributed by atoms with van der Waals surface area (Å²) >= 11 is 6.91. The van der Waals surface area contributed by atoms with E-state index in [9.17, 15) is 14.4 Å². The van der Waals surface area contributed by atoms with Crippen LogP contribution in [0.4, 0.5) is 0 Å². The van der Waals surface area contributed by atoms with Gasteiger partial charge in [0.2, 0.25) is 0 Å². The molecule has 1 saturated heterocycles. The van der Waals surface area contributed by atoms with Crippen LogP contribution in [0.2, 0.25) is 4.34 Å². The maximum Gasteiger partial charge on any atom is 0.312 e. The topological polar surface area (TPSA) is 57.7 Å². The molecule has 0 N–H and O–H groups in total. The number of carbonyl (C=O) groups excluding carboxylic acids is 3. The molecule has 0 unspecified atom stereocenters. The van der Waals surface area contributed by atoms with Gasteiger partial charge in [0, 0.05) is 20.1 Å². The zero-order valence-corrected chi connectivity index (χ0v) is 11.3. The fourth-order valence-electron chi connectivity index (χ4n) is 1.64. The van der Waals surface area contributed by atoms with E-state index in [0.717, 1.165) is 0 Å². The molecule has 0 radical (unpaired) electrons. The number of likely N-dealkylation sites (N-methyl/N-ethyl adjacent to an activating group) is 1. The van der Waals surface area contributed by atoms with Crippen LogP contribution < -0.4 is 0 Å². The lowest BCUT2D eigenvalue weighted by Gasteiger charge is -2.30. The highest BCUT2D eigenvalue weighted by molar-refractivity contribution is 7.18. The van der Waals surface area contributed by atoms with Gasteiger partial charge in [-0.1, -0.05) is 11.6 Å². The Labute approximate surface area is 113 Å². The molecule has 96 valence electrons. The average Bonchev–Trinajstić information content (AvgIpc) is 2.77. The van der Waals surface area contributed by atoms with Crippen molar-refractivity contribution >= 4 is 40.5 Å². The Balaban J connectivity index is 2.04. The molecule has 1 aromatic heterocycles. The molecule has 0 aliphatic carbocycles. The zero-order chi connectivity index (χ0) is 13.3. The van der Waals surface area contributed by atoms with Gasteiger partial charge in [-0.25, -0.2) is 0 Å². The third-order valence-electron chi connectivity index (χ3n) is 2.70. The Kier molecular flexibility index (Phi) is 3.68. The number of ketones is 1. The Bertz CT molecular complexity index is 514. The van der Waals surface area contributed by atoms with E-state index >= 15 is 0 Å². The third kappa shape index (κ3) is 2.54. The Morgan fingerprint density at radius 2 is 2.06 bits per heavy atom. The number of halogens is 1. The summed E-state index contributed by atoms with van der Waals surface area (Å²) in [4.78, 5) is 38.2. The standard InChI is InChI=1S/C11H11ClN2O3S/c1-13-4-5-14(11(17)10(13)16)6-7(15)8-2-3-9(12)18-8/h2-3H,4-6H2,1H3. The average molecular weight is 287 g/mol. The largest absolute Gasteiger partial charge is 0.336 e. The summed E-state index contributed by atoms with van der Waals surface area (Å²) in [5, 5.41) is 0. The van der Waals surface area contributed by atoms with Gasteiger partial charge in [0.25, 0.3) is 0 Å². The lowest BCUT2D eigenvalue weighted by atomic mass is 10.2. The zero-order valence-electron chi connectivity index (χ0n) is 9.68. The predicted molar refractivity (Wildman–Crippen MR) is 67.9 cm³/mol. The van der Waals surface area contributed by atoms with Gasteiger partial charge in [-0.2, -0.15) is 0 Å². The van der Waals surface area contributed by atoms with Gasteiger partial charge in [0.05, 0.1) is 15.8 Å². The van der Waals surface area contributed by atoms with Gasteiger partial charge in [0.15, 0.2) is 5.78 Å². The molecule has 0 spiro atoms. The monoisotopic (exact) mass is 286 g/mol. The van der Waals surface area contributed by atoms with Gasteiger partial charge in [-0.15, -0.1) is 11.3 Å². The first-order valence-electron chi connectivity index (χ1n) is 5.32. The molecule has 5 nitrogen and oxygen atoms in total. The first kappa shape index (κ1) is 13.0. The van der Waals surface area contributed by atoms with Crippen molar-refractivity contribution < 1.29 is 14.4 Å². The van der Waals surface area contributed by atoms with Crippen LogP contribution in [0, 0.1) is 0 Å². The number of rotatable bonds is 3. The summed E-state index contributed by atoms with van der Waals surface area (Å²) in [5.74, 6) is -1.39. The maximum atomic E-state index is 11.9. The lowest BCUT2D eigenvalue weighted by molar-refractivity contribution is -0.154.